The number of anilines is 1. The van der Waals surface area contributed by atoms with Crippen LogP contribution in [0.5, 0.6) is 0 Å². The highest BCUT2D eigenvalue weighted by Crippen LogP contribution is 2.33. The van der Waals surface area contributed by atoms with Gasteiger partial charge in [-0.05, 0) is 23.3 Å². The maximum Gasteiger partial charge on any atom is 0.220 e. The fourth-order valence-electron chi connectivity index (χ4n) is 2.67. The number of hydrogen-bond acceptors (Lipinski definition) is 2. The molecule has 0 aliphatic carbocycles. The summed E-state index contributed by atoms with van der Waals surface area (Å²) in [7, 11) is 0. The summed E-state index contributed by atoms with van der Waals surface area (Å²) in [6.45, 7) is 1.39. The molecule has 1 aliphatic rings. The lowest BCUT2D eigenvalue weighted by molar-refractivity contribution is -0.121. The van der Waals surface area contributed by atoms with E-state index in [4.69, 9.17) is 0 Å². The first-order chi connectivity index (χ1) is 10.2. The van der Waals surface area contributed by atoms with Gasteiger partial charge in [0, 0.05) is 35.6 Å². The Morgan fingerprint density at radius 2 is 1.95 bits per heavy atom. The van der Waals surface area contributed by atoms with Crippen molar-refractivity contribution in [3.8, 4) is 0 Å². The Morgan fingerprint density at radius 3 is 2.81 bits per heavy atom. The highest BCUT2D eigenvalue weighted by molar-refractivity contribution is 9.10. The van der Waals surface area contributed by atoms with Gasteiger partial charge in [0.15, 0.2) is 0 Å². The van der Waals surface area contributed by atoms with Crippen LogP contribution < -0.4 is 10.6 Å². The molecular formula is C17H17BrN2O. The number of para-hydroxylation sites is 1. The number of hydrogen-bond donors (Lipinski definition) is 2. The number of halogens is 1. The number of amides is 1. The van der Waals surface area contributed by atoms with E-state index in [0.29, 0.717) is 13.0 Å². The fraction of sp³-hybridized carbons (Fsp3) is 0.235. The van der Waals surface area contributed by atoms with Gasteiger partial charge in [-0.1, -0.05) is 52.3 Å². The minimum Gasteiger partial charge on any atom is -0.384 e. The summed E-state index contributed by atoms with van der Waals surface area (Å²) in [4.78, 5) is 12.1. The first-order valence-electron chi connectivity index (χ1n) is 7.07. The lowest BCUT2D eigenvalue weighted by atomic mass is 9.97. The number of nitrogens with one attached hydrogen (secondary N) is 2. The molecule has 1 unspecified atom stereocenters. The van der Waals surface area contributed by atoms with Crippen molar-refractivity contribution in [3.05, 3.63) is 64.1 Å². The Kier molecular flexibility index (Phi) is 4.25. The molecule has 3 rings (SSSR count). The maximum atomic E-state index is 12.1. The van der Waals surface area contributed by atoms with Crippen LogP contribution >= 0.6 is 15.9 Å². The van der Waals surface area contributed by atoms with Crippen molar-refractivity contribution >= 4 is 27.5 Å². The van der Waals surface area contributed by atoms with Crippen molar-refractivity contribution in [1.82, 2.24) is 5.32 Å². The zero-order chi connectivity index (χ0) is 14.7. The molecular weight excluding hydrogens is 328 g/mol. The Labute approximate surface area is 132 Å². The topological polar surface area (TPSA) is 41.1 Å². The van der Waals surface area contributed by atoms with E-state index in [1.54, 1.807) is 0 Å². The van der Waals surface area contributed by atoms with Gasteiger partial charge in [0.25, 0.3) is 0 Å². The molecule has 21 heavy (non-hydrogen) atoms. The molecule has 1 amide bonds. The summed E-state index contributed by atoms with van der Waals surface area (Å²) in [6, 6.07) is 16.1. The second kappa shape index (κ2) is 6.31. The third-order valence-corrected chi connectivity index (χ3v) is 4.58. The third kappa shape index (κ3) is 3.27. The normalized spacial score (nSPS) is 16.1. The fourth-order valence-corrected chi connectivity index (χ4v) is 3.10. The van der Waals surface area contributed by atoms with E-state index in [0.717, 1.165) is 22.3 Å². The second-order valence-electron chi connectivity index (χ2n) is 5.24. The van der Waals surface area contributed by atoms with E-state index >= 15 is 0 Å². The van der Waals surface area contributed by atoms with Crippen LogP contribution in [0.4, 0.5) is 5.69 Å². The SMILES string of the molecule is O=C(CC1CNc2ccccc21)NCc1ccccc1Br. The van der Waals surface area contributed by atoms with Gasteiger partial charge in [0.2, 0.25) is 5.91 Å². The molecule has 2 aromatic rings. The average Bonchev–Trinajstić information content (AvgIpc) is 2.90. The molecule has 0 fully saturated rings. The van der Waals surface area contributed by atoms with Crippen molar-refractivity contribution in [3.63, 3.8) is 0 Å². The molecule has 2 aromatic carbocycles. The number of rotatable bonds is 4. The molecule has 1 atom stereocenters. The summed E-state index contributed by atoms with van der Waals surface area (Å²) < 4.78 is 1.03. The molecule has 4 heteroatoms. The summed E-state index contributed by atoms with van der Waals surface area (Å²) in [5, 5.41) is 6.35. The lowest BCUT2D eigenvalue weighted by Crippen LogP contribution is -2.25. The van der Waals surface area contributed by atoms with Gasteiger partial charge in [-0.25, -0.2) is 0 Å². The van der Waals surface area contributed by atoms with Crippen LogP contribution in [0, 0.1) is 0 Å². The van der Waals surface area contributed by atoms with E-state index in [9.17, 15) is 4.79 Å². The van der Waals surface area contributed by atoms with Gasteiger partial charge in [-0.3, -0.25) is 4.79 Å². The van der Waals surface area contributed by atoms with Gasteiger partial charge < -0.3 is 10.6 Å². The number of carbonyl (C=O) groups is 1. The molecule has 0 aromatic heterocycles. The van der Waals surface area contributed by atoms with Gasteiger partial charge in [0.05, 0.1) is 0 Å². The first-order valence-corrected chi connectivity index (χ1v) is 7.86. The van der Waals surface area contributed by atoms with Crippen LogP contribution in [0.15, 0.2) is 53.0 Å². The van der Waals surface area contributed by atoms with Crippen molar-refractivity contribution in [2.75, 3.05) is 11.9 Å². The van der Waals surface area contributed by atoms with Crippen LogP contribution in [-0.4, -0.2) is 12.5 Å². The Balaban J connectivity index is 1.57. The van der Waals surface area contributed by atoms with Crippen LogP contribution in [0.1, 0.15) is 23.5 Å². The first kappa shape index (κ1) is 14.1. The second-order valence-corrected chi connectivity index (χ2v) is 6.09. The zero-order valence-corrected chi connectivity index (χ0v) is 13.2. The van der Waals surface area contributed by atoms with Crippen LogP contribution in [0.2, 0.25) is 0 Å². The highest BCUT2D eigenvalue weighted by Gasteiger charge is 2.23. The molecule has 0 bridgehead atoms. The molecule has 3 nitrogen and oxygen atoms in total. The van der Waals surface area contributed by atoms with Crippen LogP contribution in [-0.2, 0) is 11.3 Å². The van der Waals surface area contributed by atoms with Crippen LogP contribution in [0.25, 0.3) is 0 Å². The predicted octanol–water partition coefficient (Wildman–Crippen LogP) is 3.66. The molecule has 2 N–H and O–H groups in total. The zero-order valence-electron chi connectivity index (χ0n) is 11.6. The van der Waals surface area contributed by atoms with Gasteiger partial charge in [-0.2, -0.15) is 0 Å². The van der Waals surface area contributed by atoms with E-state index in [-0.39, 0.29) is 11.8 Å². The maximum absolute atomic E-state index is 12.1. The molecule has 0 radical (unpaired) electrons. The number of carbonyl (C=O) groups excluding carboxylic acids is 1. The van der Waals surface area contributed by atoms with Gasteiger partial charge in [-0.15, -0.1) is 0 Å². The number of benzene rings is 2. The largest absolute Gasteiger partial charge is 0.384 e. The smallest absolute Gasteiger partial charge is 0.220 e. The van der Waals surface area contributed by atoms with Crippen LogP contribution in [0.3, 0.4) is 0 Å². The Bertz CT molecular complexity index is 657. The van der Waals surface area contributed by atoms with Crippen molar-refractivity contribution in [1.29, 1.82) is 0 Å². The molecule has 1 aliphatic heterocycles. The minimum atomic E-state index is 0.0919. The molecule has 1 heterocycles. The quantitative estimate of drug-likeness (QED) is 0.888. The summed E-state index contributed by atoms with van der Waals surface area (Å²) in [5.41, 5.74) is 3.49. The predicted molar refractivity (Wildman–Crippen MR) is 88.3 cm³/mol. The highest BCUT2D eigenvalue weighted by atomic mass is 79.9. The minimum absolute atomic E-state index is 0.0919. The van der Waals surface area contributed by atoms with Gasteiger partial charge in [0.1, 0.15) is 0 Å². The van der Waals surface area contributed by atoms with E-state index in [1.807, 2.05) is 36.4 Å². The van der Waals surface area contributed by atoms with Crippen molar-refractivity contribution in [2.24, 2.45) is 0 Å². The molecule has 0 saturated heterocycles. The molecule has 108 valence electrons. The Morgan fingerprint density at radius 1 is 1.19 bits per heavy atom. The Hall–Kier alpha value is -1.81. The summed E-state index contributed by atoms with van der Waals surface area (Å²) in [6.07, 6.45) is 0.522. The van der Waals surface area contributed by atoms with Crippen molar-refractivity contribution < 1.29 is 4.79 Å². The monoisotopic (exact) mass is 344 g/mol. The van der Waals surface area contributed by atoms with Crippen molar-refractivity contribution in [2.45, 2.75) is 18.9 Å². The number of fused-ring (bicyclic) bond motifs is 1. The van der Waals surface area contributed by atoms with Gasteiger partial charge >= 0.3 is 0 Å². The summed E-state index contributed by atoms with van der Waals surface area (Å²) >= 11 is 3.49. The molecule has 0 spiro atoms. The standard InChI is InChI=1S/C17H17BrN2O/c18-15-7-3-1-5-12(15)10-20-17(21)9-13-11-19-16-8-4-2-6-14(13)16/h1-8,13,19H,9-11H2,(H,20,21). The summed E-state index contributed by atoms with van der Waals surface area (Å²) in [5.74, 6) is 0.356. The molecule has 0 saturated carbocycles. The van der Waals surface area contributed by atoms with E-state index < -0.39 is 0 Å². The average molecular weight is 345 g/mol. The third-order valence-electron chi connectivity index (χ3n) is 3.81. The van der Waals surface area contributed by atoms with E-state index in [2.05, 4.69) is 38.7 Å². The lowest BCUT2D eigenvalue weighted by Gasteiger charge is -2.11. The van der Waals surface area contributed by atoms with E-state index in [1.165, 1.54) is 5.56 Å².